The van der Waals surface area contributed by atoms with Gasteiger partial charge < -0.3 is 10.4 Å². The van der Waals surface area contributed by atoms with E-state index in [4.69, 9.17) is 5.11 Å². The number of aromatic nitrogens is 1. The number of nitrogens with one attached hydrogen (secondary N) is 1. The van der Waals surface area contributed by atoms with E-state index >= 15 is 0 Å². The van der Waals surface area contributed by atoms with Crippen molar-refractivity contribution >= 4 is 17.5 Å². The summed E-state index contributed by atoms with van der Waals surface area (Å²) in [6.45, 7) is 0.463. The van der Waals surface area contributed by atoms with Gasteiger partial charge in [0.2, 0.25) is 5.82 Å². The summed E-state index contributed by atoms with van der Waals surface area (Å²) in [7, 11) is 0. The highest BCUT2D eigenvalue weighted by Gasteiger charge is 2.13. The Morgan fingerprint density at radius 1 is 1.29 bits per heavy atom. The Morgan fingerprint density at radius 3 is 2.62 bits per heavy atom. The van der Waals surface area contributed by atoms with E-state index < -0.39 is 10.9 Å². The average molecular weight is 287 g/mol. The Labute approximate surface area is 120 Å². The Hall–Kier alpha value is -2.96. The molecule has 1 aromatic carbocycles. The maximum absolute atomic E-state index is 10.8. The van der Waals surface area contributed by atoms with Crippen molar-refractivity contribution in [3.63, 3.8) is 0 Å². The van der Waals surface area contributed by atoms with E-state index in [0.717, 1.165) is 5.56 Å². The lowest BCUT2D eigenvalue weighted by Gasteiger charge is -2.06. The van der Waals surface area contributed by atoms with Gasteiger partial charge in [0.05, 0.1) is 10.5 Å². The van der Waals surface area contributed by atoms with Crippen LogP contribution in [0.3, 0.4) is 0 Å². The van der Waals surface area contributed by atoms with Crippen molar-refractivity contribution in [3.8, 4) is 0 Å². The molecule has 0 aliphatic carbocycles. The summed E-state index contributed by atoms with van der Waals surface area (Å²) in [5, 5.41) is 22.5. The normalized spacial score (nSPS) is 10.1. The predicted molar refractivity (Wildman–Crippen MR) is 76.5 cm³/mol. The average Bonchev–Trinajstić information content (AvgIpc) is 2.48. The number of aromatic carboxylic acids is 1. The summed E-state index contributed by atoms with van der Waals surface area (Å²) in [5.74, 6) is -0.742. The Kier molecular flexibility index (Phi) is 4.45. The van der Waals surface area contributed by atoms with Crippen molar-refractivity contribution in [1.29, 1.82) is 0 Å². The number of benzene rings is 1. The molecule has 2 N–H and O–H groups in total. The topological polar surface area (TPSA) is 105 Å². The lowest BCUT2D eigenvalue weighted by Crippen LogP contribution is -2.08. The number of nitrogens with zero attached hydrogens (tertiary/aromatic N) is 2. The summed E-state index contributed by atoms with van der Waals surface area (Å²) in [5.41, 5.74) is 1.09. The van der Waals surface area contributed by atoms with Gasteiger partial charge in [0.25, 0.3) is 0 Å². The Balaban J connectivity index is 1.95. The molecule has 0 fully saturated rings. The molecule has 0 radical (unpaired) electrons. The van der Waals surface area contributed by atoms with Gasteiger partial charge >= 0.3 is 11.7 Å². The Morgan fingerprint density at radius 2 is 2.00 bits per heavy atom. The van der Waals surface area contributed by atoms with Crippen LogP contribution in [0.4, 0.5) is 11.5 Å². The van der Waals surface area contributed by atoms with Gasteiger partial charge in [-0.05, 0) is 30.2 Å². The molecule has 0 unspecified atom stereocenters. The lowest BCUT2D eigenvalue weighted by atomic mass is 10.1. The first-order valence-corrected chi connectivity index (χ1v) is 6.23. The van der Waals surface area contributed by atoms with Crippen LogP contribution < -0.4 is 5.32 Å². The van der Waals surface area contributed by atoms with Crippen LogP contribution in [-0.2, 0) is 6.42 Å². The number of rotatable bonds is 6. The number of carboxylic acid groups (broad SMARTS) is 1. The molecule has 7 nitrogen and oxygen atoms in total. The minimum absolute atomic E-state index is 0.0706. The zero-order chi connectivity index (χ0) is 15.2. The van der Waals surface area contributed by atoms with Crippen LogP contribution in [0.2, 0.25) is 0 Å². The van der Waals surface area contributed by atoms with Crippen LogP contribution >= 0.6 is 0 Å². The van der Waals surface area contributed by atoms with E-state index in [2.05, 4.69) is 10.3 Å². The number of hydrogen-bond acceptors (Lipinski definition) is 5. The second kappa shape index (κ2) is 6.47. The van der Waals surface area contributed by atoms with Crippen LogP contribution in [0.15, 0.2) is 42.6 Å². The van der Waals surface area contributed by atoms with Crippen LogP contribution in [-0.4, -0.2) is 27.5 Å². The molecule has 1 heterocycles. The molecule has 0 atom stereocenters. The molecule has 0 aliphatic heterocycles. The summed E-state index contributed by atoms with van der Waals surface area (Å²) in [6, 6.07) is 9.39. The number of anilines is 1. The third kappa shape index (κ3) is 3.75. The number of pyridine rings is 1. The molecular formula is C14H13N3O4. The van der Waals surface area contributed by atoms with Crippen molar-refractivity contribution in [3.05, 3.63) is 63.8 Å². The highest BCUT2D eigenvalue weighted by Crippen LogP contribution is 2.20. The van der Waals surface area contributed by atoms with Gasteiger partial charge in [0.15, 0.2) is 0 Å². The fraction of sp³-hybridized carbons (Fsp3) is 0.143. The second-order valence-corrected chi connectivity index (χ2v) is 4.31. The van der Waals surface area contributed by atoms with E-state index in [1.165, 1.54) is 30.5 Å². The highest BCUT2D eigenvalue weighted by molar-refractivity contribution is 5.87. The van der Waals surface area contributed by atoms with Crippen LogP contribution in [0.25, 0.3) is 0 Å². The molecule has 7 heteroatoms. The number of carbonyl (C=O) groups is 1. The summed E-state index contributed by atoms with van der Waals surface area (Å²) in [6.07, 6.45) is 2.09. The molecular weight excluding hydrogens is 274 g/mol. The third-order valence-corrected chi connectivity index (χ3v) is 2.89. The Bertz CT molecular complexity index is 656. The second-order valence-electron chi connectivity index (χ2n) is 4.31. The fourth-order valence-corrected chi connectivity index (χ4v) is 1.82. The third-order valence-electron chi connectivity index (χ3n) is 2.89. The number of nitro groups is 1. The quantitative estimate of drug-likeness (QED) is 0.624. The predicted octanol–water partition coefficient (Wildman–Crippen LogP) is 2.34. The SMILES string of the molecule is O=C(O)c1ccc(CCNc2ncccc2[N+](=O)[O-])cc1. The first-order chi connectivity index (χ1) is 10.1. The van der Waals surface area contributed by atoms with E-state index in [9.17, 15) is 14.9 Å². The summed E-state index contributed by atoms with van der Waals surface area (Å²) >= 11 is 0. The summed E-state index contributed by atoms with van der Waals surface area (Å²) < 4.78 is 0. The van der Waals surface area contributed by atoms with E-state index in [0.29, 0.717) is 13.0 Å². The maximum Gasteiger partial charge on any atom is 0.335 e. The minimum Gasteiger partial charge on any atom is -0.478 e. The van der Waals surface area contributed by atoms with Crippen molar-refractivity contribution in [2.24, 2.45) is 0 Å². The van der Waals surface area contributed by atoms with E-state index in [-0.39, 0.29) is 17.1 Å². The zero-order valence-electron chi connectivity index (χ0n) is 11.0. The molecule has 2 aromatic rings. The molecule has 0 saturated carbocycles. The van der Waals surface area contributed by atoms with Gasteiger partial charge in [-0.25, -0.2) is 9.78 Å². The highest BCUT2D eigenvalue weighted by atomic mass is 16.6. The largest absolute Gasteiger partial charge is 0.478 e. The molecule has 0 saturated heterocycles. The van der Waals surface area contributed by atoms with Crippen molar-refractivity contribution in [2.75, 3.05) is 11.9 Å². The molecule has 2 rings (SSSR count). The smallest absolute Gasteiger partial charge is 0.335 e. The number of hydrogen-bond donors (Lipinski definition) is 2. The maximum atomic E-state index is 10.8. The van der Waals surface area contributed by atoms with Gasteiger partial charge in [-0.1, -0.05) is 12.1 Å². The molecule has 0 spiro atoms. The zero-order valence-corrected chi connectivity index (χ0v) is 11.0. The van der Waals surface area contributed by atoms with Gasteiger partial charge in [0.1, 0.15) is 0 Å². The monoisotopic (exact) mass is 287 g/mol. The first kappa shape index (κ1) is 14.4. The van der Waals surface area contributed by atoms with E-state index in [1.54, 1.807) is 12.1 Å². The standard InChI is InChI=1S/C14H13N3O4/c18-14(19)11-5-3-10(4-6-11)7-9-16-13-12(17(20)21)2-1-8-15-13/h1-6,8H,7,9H2,(H,15,16)(H,18,19). The fourth-order valence-electron chi connectivity index (χ4n) is 1.82. The van der Waals surface area contributed by atoms with Crippen LogP contribution in [0, 0.1) is 10.1 Å². The van der Waals surface area contributed by atoms with Gasteiger partial charge in [-0.15, -0.1) is 0 Å². The number of carboxylic acids is 1. The van der Waals surface area contributed by atoms with Crippen molar-refractivity contribution in [1.82, 2.24) is 4.98 Å². The molecule has 1 aromatic heterocycles. The minimum atomic E-state index is -0.969. The van der Waals surface area contributed by atoms with Gasteiger partial charge in [-0.3, -0.25) is 10.1 Å². The van der Waals surface area contributed by atoms with Crippen LogP contribution in [0.5, 0.6) is 0 Å². The van der Waals surface area contributed by atoms with Gasteiger partial charge in [0, 0.05) is 18.8 Å². The lowest BCUT2D eigenvalue weighted by molar-refractivity contribution is -0.384. The van der Waals surface area contributed by atoms with E-state index in [1.807, 2.05) is 0 Å². The molecule has 108 valence electrons. The molecule has 21 heavy (non-hydrogen) atoms. The molecule has 0 amide bonds. The van der Waals surface area contributed by atoms with Gasteiger partial charge in [-0.2, -0.15) is 0 Å². The molecule has 0 bridgehead atoms. The first-order valence-electron chi connectivity index (χ1n) is 6.23. The van der Waals surface area contributed by atoms with Crippen molar-refractivity contribution in [2.45, 2.75) is 6.42 Å². The summed E-state index contributed by atoms with van der Waals surface area (Å²) in [4.78, 5) is 25.0. The molecule has 0 aliphatic rings. The van der Waals surface area contributed by atoms with Crippen molar-refractivity contribution < 1.29 is 14.8 Å². The van der Waals surface area contributed by atoms with Crippen LogP contribution in [0.1, 0.15) is 15.9 Å².